The maximum absolute atomic E-state index is 12.8. The van der Waals surface area contributed by atoms with Gasteiger partial charge in [-0.25, -0.2) is 13.4 Å². The van der Waals surface area contributed by atoms with Gasteiger partial charge in [-0.1, -0.05) is 27.2 Å². The Kier molecular flexibility index (Phi) is 9.93. The first kappa shape index (κ1) is 25.3. The quantitative estimate of drug-likeness (QED) is 0.445. The fourth-order valence-electron chi connectivity index (χ4n) is 3.39. The molecule has 0 saturated heterocycles. The lowest BCUT2D eigenvalue weighted by Crippen LogP contribution is -2.30. The maximum Gasteiger partial charge on any atom is 0.243 e. The molecule has 2 aromatic rings. The number of nitrogens with one attached hydrogen (secondary N) is 1. The van der Waals surface area contributed by atoms with Gasteiger partial charge in [0.2, 0.25) is 15.9 Å². The van der Waals surface area contributed by atoms with Gasteiger partial charge in [-0.2, -0.15) is 4.31 Å². The molecular weight excluding hydrogens is 416 g/mol. The van der Waals surface area contributed by atoms with Gasteiger partial charge in [0.1, 0.15) is 5.82 Å². The van der Waals surface area contributed by atoms with Gasteiger partial charge in [0.05, 0.1) is 15.9 Å². The number of sulfonamides is 1. The minimum absolute atomic E-state index is 0.0228. The van der Waals surface area contributed by atoms with Crippen molar-refractivity contribution in [2.75, 3.05) is 32.8 Å². The van der Waals surface area contributed by atoms with Crippen LogP contribution in [0.5, 0.6) is 0 Å². The first-order valence-corrected chi connectivity index (χ1v) is 12.6. The lowest BCUT2D eigenvalue weighted by atomic mass is 10.2. The normalized spacial score (nSPS) is 12.0. The van der Waals surface area contributed by atoms with E-state index in [1.165, 1.54) is 4.31 Å². The molecule has 1 heterocycles. The number of fused-ring (bicyclic) bond motifs is 1. The molecule has 0 fully saturated rings. The summed E-state index contributed by atoms with van der Waals surface area (Å²) >= 11 is 0. The van der Waals surface area contributed by atoms with E-state index in [-0.39, 0.29) is 10.8 Å². The molecule has 8 nitrogen and oxygen atoms in total. The fraction of sp³-hybridized carbons (Fsp3) is 0.636. The van der Waals surface area contributed by atoms with Gasteiger partial charge in [-0.05, 0) is 31.0 Å². The van der Waals surface area contributed by atoms with E-state index >= 15 is 0 Å². The fourth-order valence-corrected chi connectivity index (χ4v) is 4.87. The van der Waals surface area contributed by atoms with Gasteiger partial charge in [0.25, 0.3) is 0 Å². The van der Waals surface area contributed by atoms with Gasteiger partial charge >= 0.3 is 0 Å². The molecule has 0 spiro atoms. The minimum atomic E-state index is -3.53. The number of nitrogens with zero attached hydrogens (tertiary/aromatic N) is 3. The largest absolute Gasteiger partial charge is 0.381 e. The predicted octanol–water partition coefficient (Wildman–Crippen LogP) is 2.86. The van der Waals surface area contributed by atoms with Crippen LogP contribution in [0, 0.1) is 0 Å². The molecule has 0 aliphatic carbocycles. The van der Waals surface area contributed by atoms with Gasteiger partial charge in [-0.15, -0.1) is 0 Å². The smallest absolute Gasteiger partial charge is 0.243 e. The van der Waals surface area contributed by atoms with Gasteiger partial charge in [0.15, 0.2) is 0 Å². The molecule has 0 atom stereocenters. The Morgan fingerprint density at radius 1 is 1.16 bits per heavy atom. The zero-order valence-electron chi connectivity index (χ0n) is 19.2. The van der Waals surface area contributed by atoms with Crippen molar-refractivity contribution in [3.63, 3.8) is 0 Å². The third kappa shape index (κ3) is 6.75. The van der Waals surface area contributed by atoms with Crippen LogP contribution in [0.15, 0.2) is 23.1 Å². The number of carbonyl (C=O) groups excluding carboxylic acids is 1. The number of hydrogen-bond donors (Lipinski definition) is 1. The number of imidazole rings is 1. The molecule has 0 aliphatic rings. The molecule has 0 unspecified atom stereocenters. The number of carbonyl (C=O) groups is 1. The monoisotopic (exact) mass is 452 g/mol. The Bertz CT molecular complexity index is 952. The van der Waals surface area contributed by atoms with E-state index in [1.54, 1.807) is 18.2 Å². The van der Waals surface area contributed by atoms with Gasteiger partial charge < -0.3 is 14.6 Å². The molecule has 174 valence electrons. The second kappa shape index (κ2) is 12.2. The minimum Gasteiger partial charge on any atom is -0.381 e. The van der Waals surface area contributed by atoms with E-state index in [9.17, 15) is 13.2 Å². The zero-order valence-corrected chi connectivity index (χ0v) is 20.0. The highest BCUT2D eigenvalue weighted by Gasteiger charge is 2.22. The third-order valence-corrected chi connectivity index (χ3v) is 7.34. The second-order valence-corrected chi connectivity index (χ2v) is 9.43. The van der Waals surface area contributed by atoms with E-state index < -0.39 is 10.0 Å². The van der Waals surface area contributed by atoms with Crippen molar-refractivity contribution in [2.24, 2.45) is 7.05 Å². The second-order valence-electron chi connectivity index (χ2n) is 7.50. The number of benzene rings is 1. The van der Waals surface area contributed by atoms with Crippen molar-refractivity contribution in [3.05, 3.63) is 24.0 Å². The lowest BCUT2D eigenvalue weighted by Gasteiger charge is -2.18. The Hall–Kier alpha value is -1.97. The predicted molar refractivity (Wildman–Crippen MR) is 122 cm³/mol. The highest BCUT2D eigenvalue weighted by molar-refractivity contribution is 7.89. The van der Waals surface area contributed by atoms with Crippen LogP contribution in [0.4, 0.5) is 0 Å². The average Bonchev–Trinajstić information content (AvgIpc) is 3.07. The highest BCUT2D eigenvalue weighted by Crippen LogP contribution is 2.22. The van der Waals surface area contributed by atoms with Crippen LogP contribution >= 0.6 is 0 Å². The van der Waals surface area contributed by atoms with E-state index in [0.717, 1.165) is 37.2 Å². The summed E-state index contributed by atoms with van der Waals surface area (Å²) in [5.41, 5.74) is 1.47. The summed E-state index contributed by atoms with van der Waals surface area (Å²) in [7, 11) is -1.65. The molecule has 2 rings (SSSR count). The van der Waals surface area contributed by atoms with Crippen molar-refractivity contribution in [1.82, 2.24) is 19.2 Å². The molecule has 0 radical (unpaired) electrons. The SMILES string of the molecule is CCCCOCCCNC(=O)CCc1nc2cc(S(=O)(=O)N(CC)CC)ccc2n1C. The molecule has 1 amide bonds. The Balaban J connectivity index is 1.95. The number of unbranched alkanes of at least 4 members (excludes halogenated alkanes) is 1. The van der Waals surface area contributed by atoms with Crippen LogP contribution < -0.4 is 5.32 Å². The van der Waals surface area contributed by atoms with Crippen molar-refractivity contribution < 1.29 is 17.9 Å². The third-order valence-electron chi connectivity index (χ3n) is 5.29. The first-order valence-electron chi connectivity index (χ1n) is 11.1. The Labute approximate surface area is 186 Å². The average molecular weight is 453 g/mol. The molecule has 0 saturated carbocycles. The van der Waals surface area contributed by atoms with Crippen LogP contribution in [0.2, 0.25) is 0 Å². The van der Waals surface area contributed by atoms with Crippen molar-refractivity contribution in [2.45, 2.75) is 57.8 Å². The maximum atomic E-state index is 12.8. The summed E-state index contributed by atoms with van der Waals surface area (Å²) in [4.78, 5) is 17.0. The van der Waals surface area contributed by atoms with Crippen LogP contribution in [0.25, 0.3) is 11.0 Å². The van der Waals surface area contributed by atoms with Gasteiger partial charge in [-0.3, -0.25) is 4.79 Å². The Morgan fingerprint density at radius 3 is 2.55 bits per heavy atom. The molecular formula is C22H36N4O4S. The zero-order chi connectivity index (χ0) is 22.9. The molecule has 0 bridgehead atoms. The van der Waals surface area contributed by atoms with E-state index in [4.69, 9.17) is 4.74 Å². The van der Waals surface area contributed by atoms with E-state index in [0.29, 0.717) is 44.6 Å². The van der Waals surface area contributed by atoms with E-state index in [2.05, 4.69) is 17.2 Å². The van der Waals surface area contributed by atoms with Crippen molar-refractivity contribution in [1.29, 1.82) is 0 Å². The van der Waals surface area contributed by atoms with Crippen LogP contribution in [0.1, 0.15) is 52.3 Å². The molecule has 0 aliphatic heterocycles. The van der Waals surface area contributed by atoms with E-state index in [1.807, 2.05) is 25.5 Å². The molecule has 1 N–H and O–H groups in total. The molecule has 31 heavy (non-hydrogen) atoms. The van der Waals surface area contributed by atoms with Gasteiger partial charge in [0, 0.05) is 52.7 Å². The summed E-state index contributed by atoms with van der Waals surface area (Å²) in [5, 5.41) is 2.91. The number of aromatic nitrogens is 2. The number of amides is 1. The topological polar surface area (TPSA) is 93.5 Å². The molecule has 1 aromatic carbocycles. The molecule has 1 aromatic heterocycles. The standard InChI is InChI=1S/C22H36N4O4S/c1-5-8-15-30-16-9-14-23-22(27)13-12-21-24-19-17-18(10-11-20(19)25(21)4)31(28,29)26(6-2)7-3/h10-11,17H,5-9,12-16H2,1-4H3,(H,23,27). The lowest BCUT2D eigenvalue weighted by molar-refractivity contribution is -0.121. The van der Waals surface area contributed by atoms with Crippen LogP contribution in [0.3, 0.4) is 0 Å². The first-order chi connectivity index (χ1) is 14.8. The summed E-state index contributed by atoms with van der Waals surface area (Å²) < 4.78 is 34.4. The summed E-state index contributed by atoms with van der Waals surface area (Å²) in [6.45, 7) is 8.64. The Morgan fingerprint density at radius 2 is 1.87 bits per heavy atom. The van der Waals surface area contributed by atoms with Crippen molar-refractivity contribution in [3.8, 4) is 0 Å². The van der Waals surface area contributed by atoms with Crippen LogP contribution in [-0.2, 0) is 33.0 Å². The number of rotatable bonds is 14. The summed E-state index contributed by atoms with van der Waals surface area (Å²) in [6.07, 6.45) is 3.80. The molecule has 9 heteroatoms. The number of aryl methyl sites for hydroxylation is 2. The number of ether oxygens (including phenoxy) is 1. The summed E-state index contributed by atoms with van der Waals surface area (Å²) in [5.74, 6) is 0.732. The van der Waals surface area contributed by atoms with Crippen molar-refractivity contribution >= 4 is 27.0 Å². The summed E-state index contributed by atoms with van der Waals surface area (Å²) in [6, 6.07) is 5.02. The highest BCUT2D eigenvalue weighted by atomic mass is 32.2. The van der Waals surface area contributed by atoms with Crippen LogP contribution in [-0.4, -0.2) is 61.0 Å². The number of hydrogen-bond acceptors (Lipinski definition) is 5.